The molecule has 0 bridgehead atoms. The number of nitrogens with zero attached hydrogens (tertiary/aromatic N) is 1. The van der Waals surface area contributed by atoms with Crippen LogP contribution in [0.2, 0.25) is 0 Å². The Balaban J connectivity index is 1.40. The van der Waals surface area contributed by atoms with Gasteiger partial charge in [-0.1, -0.05) is 48.5 Å². The molecule has 6 heteroatoms. The summed E-state index contributed by atoms with van der Waals surface area (Å²) in [6, 6.07) is 18.6. The van der Waals surface area contributed by atoms with Crippen molar-refractivity contribution < 1.29 is 9.21 Å². The average Bonchev–Trinajstić information content (AvgIpc) is 3.17. The Morgan fingerprint density at radius 1 is 1.19 bits per heavy atom. The molecule has 1 aromatic heterocycles. The molecule has 1 heterocycles. The van der Waals surface area contributed by atoms with E-state index in [4.69, 9.17) is 4.42 Å². The van der Waals surface area contributed by atoms with Crippen LogP contribution in [0.1, 0.15) is 27.9 Å². The van der Waals surface area contributed by atoms with Gasteiger partial charge in [0.2, 0.25) is 5.91 Å². The van der Waals surface area contributed by atoms with E-state index in [9.17, 15) is 4.79 Å². The summed E-state index contributed by atoms with van der Waals surface area (Å²) in [5.41, 5.74) is 7.59. The lowest BCUT2D eigenvalue weighted by atomic mass is 10.1. The van der Waals surface area contributed by atoms with E-state index >= 15 is 0 Å². The van der Waals surface area contributed by atoms with Gasteiger partial charge in [-0.15, -0.1) is 11.8 Å². The topological polar surface area (TPSA) is 54.6 Å². The lowest BCUT2D eigenvalue weighted by molar-refractivity contribution is -0.118. The van der Waals surface area contributed by atoms with Crippen LogP contribution in [0.25, 0.3) is 11.1 Å². The van der Waals surface area contributed by atoms with Gasteiger partial charge in [0, 0.05) is 6.07 Å². The van der Waals surface area contributed by atoms with Gasteiger partial charge in [-0.2, -0.15) is 5.10 Å². The SMILES string of the molecule is Cc1oc(/C=N\NC(=O)CSC2c3ccccc3-c3ccccc32)cc1Br. The first-order chi connectivity index (χ1) is 13.1. The molecule has 0 saturated carbocycles. The van der Waals surface area contributed by atoms with Crippen LogP contribution in [0, 0.1) is 6.92 Å². The minimum atomic E-state index is -0.138. The molecule has 4 rings (SSSR count). The van der Waals surface area contributed by atoms with Crippen molar-refractivity contribution in [2.45, 2.75) is 12.2 Å². The molecule has 0 radical (unpaired) electrons. The second-order valence-corrected chi connectivity index (χ2v) is 8.16. The molecule has 0 fully saturated rings. The molecule has 1 N–H and O–H groups in total. The largest absolute Gasteiger partial charge is 0.459 e. The number of aryl methyl sites for hydroxylation is 1. The molecule has 136 valence electrons. The van der Waals surface area contributed by atoms with Crippen LogP contribution in [0.3, 0.4) is 0 Å². The maximum Gasteiger partial charge on any atom is 0.250 e. The predicted octanol–water partition coefficient (Wildman–Crippen LogP) is 5.30. The van der Waals surface area contributed by atoms with Crippen LogP contribution in [-0.4, -0.2) is 17.9 Å². The van der Waals surface area contributed by atoms with Gasteiger partial charge in [-0.3, -0.25) is 4.79 Å². The first-order valence-corrected chi connectivity index (χ1v) is 10.4. The fourth-order valence-corrected chi connectivity index (χ4v) is 4.65. The monoisotopic (exact) mass is 440 g/mol. The number of halogens is 1. The smallest absolute Gasteiger partial charge is 0.250 e. The molecule has 0 spiro atoms. The number of amides is 1. The minimum absolute atomic E-state index is 0.138. The Kier molecular flexibility index (Phi) is 5.18. The van der Waals surface area contributed by atoms with E-state index in [0.717, 1.165) is 10.2 Å². The van der Waals surface area contributed by atoms with E-state index in [1.165, 1.54) is 28.5 Å². The number of rotatable bonds is 5. The summed E-state index contributed by atoms with van der Waals surface area (Å²) in [4.78, 5) is 12.2. The standard InChI is InChI=1S/C21H17BrN2O2S/c1-13-19(22)10-14(26-13)11-23-24-20(25)12-27-21-17-8-4-2-6-15(17)16-7-3-5-9-18(16)21/h2-11,21H,12H2,1H3,(H,24,25)/b23-11-. The highest BCUT2D eigenvalue weighted by atomic mass is 79.9. The number of hydrazone groups is 1. The normalized spacial score (nSPS) is 13.0. The van der Waals surface area contributed by atoms with E-state index in [2.05, 4.69) is 62.9 Å². The van der Waals surface area contributed by atoms with E-state index < -0.39 is 0 Å². The summed E-state index contributed by atoms with van der Waals surface area (Å²) in [5, 5.41) is 4.14. The van der Waals surface area contributed by atoms with Gasteiger partial charge >= 0.3 is 0 Å². The molecule has 3 aromatic rings. The maximum absolute atomic E-state index is 12.2. The van der Waals surface area contributed by atoms with Crippen molar-refractivity contribution in [3.63, 3.8) is 0 Å². The second kappa shape index (κ2) is 7.74. The van der Waals surface area contributed by atoms with Crippen molar-refractivity contribution in [3.8, 4) is 11.1 Å². The number of thioether (sulfide) groups is 1. The molecular formula is C21H17BrN2O2S. The molecule has 0 aliphatic heterocycles. The van der Waals surface area contributed by atoms with Crippen LogP contribution in [0.5, 0.6) is 0 Å². The lowest BCUT2D eigenvalue weighted by Crippen LogP contribution is -2.20. The summed E-state index contributed by atoms with van der Waals surface area (Å²) in [6.45, 7) is 1.86. The van der Waals surface area contributed by atoms with Crippen molar-refractivity contribution in [2.75, 3.05) is 5.75 Å². The summed E-state index contributed by atoms with van der Waals surface area (Å²) in [7, 11) is 0. The molecule has 1 aliphatic rings. The Morgan fingerprint density at radius 3 is 2.41 bits per heavy atom. The van der Waals surface area contributed by atoms with Crippen molar-refractivity contribution in [1.29, 1.82) is 0 Å². The quantitative estimate of drug-likeness (QED) is 0.432. The van der Waals surface area contributed by atoms with E-state index in [1.54, 1.807) is 11.8 Å². The van der Waals surface area contributed by atoms with Crippen LogP contribution < -0.4 is 5.43 Å². The zero-order chi connectivity index (χ0) is 18.8. The molecule has 0 saturated heterocycles. The number of benzene rings is 2. The summed E-state index contributed by atoms with van der Waals surface area (Å²) in [6.07, 6.45) is 1.50. The molecule has 27 heavy (non-hydrogen) atoms. The van der Waals surface area contributed by atoms with Gasteiger partial charge in [0.05, 0.1) is 21.7 Å². The minimum Gasteiger partial charge on any atom is -0.459 e. The first-order valence-electron chi connectivity index (χ1n) is 8.51. The highest BCUT2D eigenvalue weighted by Crippen LogP contribution is 2.49. The number of furan rings is 1. The second-order valence-electron chi connectivity index (χ2n) is 6.21. The Morgan fingerprint density at radius 2 is 1.81 bits per heavy atom. The maximum atomic E-state index is 12.2. The molecule has 0 unspecified atom stereocenters. The number of carbonyl (C=O) groups excluding carboxylic acids is 1. The van der Waals surface area contributed by atoms with Crippen LogP contribution in [0.15, 0.2) is 68.6 Å². The molecule has 1 aliphatic carbocycles. The molecule has 4 nitrogen and oxygen atoms in total. The lowest BCUT2D eigenvalue weighted by Gasteiger charge is -2.12. The highest BCUT2D eigenvalue weighted by Gasteiger charge is 2.28. The van der Waals surface area contributed by atoms with Gasteiger partial charge in [-0.05, 0) is 45.1 Å². The average molecular weight is 441 g/mol. The van der Waals surface area contributed by atoms with E-state index in [-0.39, 0.29) is 11.2 Å². The Hall–Kier alpha value is -2.31. The Bertz CT molecular complexity index is 964. The van der Waals surface area contributed by atoms with Crippen LogP contribution in [0.4, 0.5) is 0 Å². The number of carbonyl (C=O) groups is 1. The number of hydrogen-bond donors (Lipinski definition) is 1. The molecular weight excluding hydrogens is 424 g/mol. The fraction of sp³-hybridized carbons (Fsp3) is 0.143. The summed E-state index contributed by atoms with van der Waals surface area (Å²) in [5.74, 6) is 1.55. The summed E-state index contributed by atoms with van der Waals surface area (Å²) >= 11 is 4.99. The zero-order valence-corrected chi connectivity index (χ0v) is 17.0. The van der Waals surface area contributed by atoms with Crippen molar-refractivity contribution >= 4 is 39.8 Å². The van der Waals surface area contributed by atoms with Crippen LogP contribution in [-0.2, 0) is 4.79 Å². The van der Waals surface area contributed by atoms with Gasteiger partial charge in [0.15, 0.2) is 0 Å². The van der Waals surface area contributed by atoms with E-state index in [0.29, 0.717) is 11.5 Å². The third-order valence-corrected chi connectivity index (χ3v) is 6.47. The van der Waals surface area contributed by atoms with Crippen molar-refractivity contribution in [2.24, 2.45) is 5.10 Å². The fourth-order valence-electron chi connectivity index (χ4n) is 3.19. The number of fused-ring (bicyclic) bond motifs is 3. The third-order valence-electron chi connectivity index (χ3n) is 4.42. The van der Waals surface area contributed by atoms with Gasteiger partial charge < -0.3 is 4.42 Å². The zero-order valence-electron chi connectivity index (χ0n) is 14.6. The van der Waals surface area contributed by atoms with Crippen LogP contribution >= 0.6 is 27.7 Å². The van der Waals surface area contributed by atoms with Gasteiger partial charge in [-0.25, -0.2) is 5.43 Å². The van der Waals surface area contributed by atoms with E-state index in [1.807, 2.05) is 25.1 Å². The highest BCUT2D eigenvalue weighted by molar-refractivity contribution is 9.10. The molecule has 2 aromatic carbocycles. The number of hydrogen-bond acceptors (Lipinski definition) is 4. The summed E-state index contributed by atoms with van der Waals surface area (Å²) < 4.78 is 6.34. The Labute approximate surface area is 170 Å². The third kappa shape index (κ3) is 3.73. The molecule has 1 amide bonds. The van der Waals surface area contributed by atoms with Gasteiger partial charge in [0.1, 0.15) is 11.5 Å². The first kappa shape index (κ1) is 18.1. The van der Waals surface area contributed by atoms with Gasteiger partial charge in [0.25, 0.3) is 0 Å². The predicted molar refractivity (Wildman–Crippen MR) is 113 cm³/mol. The molecule has 0 atom stereocenters. The van der Waals surface area contributed by atoms with Crippen molar-refractivity contribution in [3.05, 3.63) is 81.7 Å². The van der Waals surface area contributed by atoms with Crippen molar-refractivity contribution in [1.82, 2.24) is 5.43 Å². The number of nitrogens with one attached hydrogen (secondary N) is 1.